The zero-order valence-corrected chi connectivity index (χ0v) is 19.7. The molecule has 2 aliphatic heterocycles. The van der Waals surface area contributed by atoms with Gasteiger partial charge < -0.3 is 14.9 Å². The number of anilines is 1. The van der Waals surface area contributed by atoms with Gasteiger partial charge in [-0.1, -0.05) is 18.9 Å². The maximum absolute atomic E-state index is 13.5. The van der Waals surface area contributed by atoms with Crippen LogP contribution in [0.3, 0.4) is 0 Å². The summed E-state index contributed by atoms with van der Waals surface area (Å²) in [5, 5.41) is 16.0. The lowest BCUT2D eigenvalue weighted by molar-refractivity contribution is 0.0192. The third-order valence-corrected chi connectivity index (χ3v) is 7.82. The summed E-state index contributed by atoms with van der Waals surface area (Å²) in [5.74, 6) is 0.0520. The van der Waals surface area contributed by atoms with Crippen LogP contribution in [0.1, 0.15) is 47.2 Å². The van der Waals surface area contributed by atoms with Gasteiger partial charge in [0, 0.05) is 75.2 Å². The summed E-state index contributed by atoms with van der Waals surface area (Å²) in [7, 11) is 1.95. The van der Waals surface area contributed by atoms with Crippen LogP contribution in [0, 0.1) is 0 Å². The van der Waals surface area contributed by atoms with E-state index in [4.69, 9.17) is 4.98 Å². The second kappa shape index (κ2) is 8.67. The average molecular weight is 461 g/mol. The molecule has 1 N–H and O–H groups in total. The lowest BCUT2D eigenvalue weighted by Gasteiger charge is -2.35. The first-order valence-corrected chi connectivity index (χ1v) is 12.4. The van der Waals surface area contributed by atoms with E-state index in [-0.39, 0.29) is 11.9 Å². The van der Waals surface area contributed by atoms with Gasteiger partial charge >= 0.3 is 0 Å². The number of aromatic nitrogens is 3. The first-order valence-electron chi connectivity index (χ1n) is 12.4. The number of benzene rings is 1. The van der Waals surface area contributed by atoms with Crippen molar-refractivity contribution in [2.24, 2.45) is 7.05 Å². The van der Waals surface area contributed by atoms with E-state index in [0.29, 0.717) is 6.54 Å². The second-order valence-electron chi connectivity index (χ2n) is 9.95. The van der Waals surface area contributed by atoms with Crippen LogP contribution in [0.15, 0.2) is 36.8 Å². The Kier molecular flexibility index (Phi) is 5.50. The van der Waals surface area contributed by atoms with Crippen molar-refractivity contribution in [2.45, 2.75) is 50.9 Å². The fourth-order valence-electron chi connectivity index (χ4n) is 5.95. The van der Waals surface area contributed by atoms with E-state index in [0.717, 1.165) is 86.0 Å². The number of hydrogen-bond donors (Lipinski definition) is 1. The Morgan fingerprint density at radius 3 is 2.74 bits per heavy atom. The molecule has 1 amide bonds. The van der Waals surface area contributed by atoms with Gasteiger partial charge in [0.2, 0.25) is 0 Å². The van der Waals surface area contributed by atoms with Crippen LogP contribution in [0.25, 0.3) is 10.9 Å². The molecule has 1 saturated carbocycles. The summed E-state index contributed by atoms with van der Waals surface area (Å²) >= 11 is 0. The number of fused-ring (bicyclic) bond motifs is 3. The minimum Gasteiger partial charge on any atom is -0.391 e. The largest absolute Gasteiger partial charge is 0.391 e. The van der Waals surface area contributed by atoms with Gasteiger partial charge in [0.15, 0.2) is 0 Å². The highest BCUT2D eigenvalue weighted by molar-refractivity contribution is 6.04. The predicted molar refractivity (Wildman–Crippen MR) is 131 cm³/mol. The third kappa shape index (κ3) is 3.75. The molecular formula is C26H32N6O2. The molecule has 2 atom stereocenters. The molecule has 8 heteroatoms. The number of carbonyl (C=O) groups excluding carboxylic acids is 1. The molecule has 2 fully saturated rings. The fourth-order valence-corrected chi connectivity index (χ4v) is 5.95. The standard InChI is InChI=1S/C26H32N6O2/c1-29-16-19(14-28-29)31-11-9-30(10-12-31)15-18-13-21-22(25-20(18)5-4-8-27-25)17-32(26(21)34)23-6-2-3-7-24(23)33/h4-5,8,13-14,16,23-24,33H,2-3,6-7,9-12,15,17H2,1H3/t23-,24-/m0/s1. The Balaban J connectivity index is 1.25. The number of hydrogen-bond acceptors (Lipinski definition) is 6. The van der Waals surface area contributed by atoms with Crippen LogP contribution in [0.5, 0.6) is 0 Å². The van der Waals surface area contributed by atoms with Crippen LogP contribution in [0.4, 0.5) is 5.69 Å². The molecule has 1 aromatic carbocycles. The highest BCUT2D eigenvalue weighted by atomic mass is 16.3. The summed E-state index contributed by atoms with van der Waals surface area (Å²) in [6, 6.07) is 6.13. The van der Waals surface area contributed by atoms with Crippen molar-refractivity contribution < 1.29 is 9.90 Å². The number of piperazine rings is 1. The number of aryl methyl sites for hydroxylation is 1. The SMILES string of the molecule is Cn1cc(N2CCN(Cc3cc4c(c5ncccc35)CN([C@H]3CCCC[C@@H]3O)C4=O)CC2)cn1. The Labute approximate surface area is 199 Å². The van der Waals surface area contributed by atoms with Crippen molar-refractivity contribution >= 4 is 22.5 Å². The number of nitrogens with zero attached hydrogens (tertiary/aromatic N) is 6. The van der Waals surface area contributed by atoms with E-state index in [1.807, 2.05) is 35.1 Å². The molecule has 178 valence electrons. The minimum atomic E-state index is -0.429. The smallest absolute Gasteiger partial charge is 0.254 e. The number of amides is 1. The normalized spacial score (nSPS) is 23.6. The number of rotatable bonds is 4. The zero-order valence-electron chi connectivity index (χ0n) is 19.7. The molecule has 1 aliphatic carbocycles. The highest BCUT2D eigenvalue weighted by Crippen LogP contribution is 2.36. The molecule has 0 unspecified atom stereocenters. The molecule has 6 rings (SSSR count). The average Bonchev–Trinajstić information content (AvgIpc) is 3.44. The van der Waals surface area contributed by atoms with E-state index < -0.39 is 6.10 Å². The molecule has 3 aliphatic rings. The van der Waals surface area contributed by atoms with Gasteiger partial charge in [-0.05, 0) is 30.5 Å². The Bertz CT molecular complexity index is 1220. The number of carbonyl (C=O) groups is 1. The van der Waals surface area contributed by atoms with Gasteiger partial charge in [-0.3, -0.25) is 19.4 Å². The van der Waals surface area contributed by atoms with Gasteiger partial charge in [0.1, 0.15) is 0 Å². The quantitative estimate of drug-likeness (QED) is 0.645. The molecular weight excluding hydrogens is 428 g/mol. The summed E-state index contributed by atoms with van der Waals surface area (Å²) in [5.41, 5.74) is 5.06. The van der Waals surface area contributed by atoms with Gasteiger partial charge in [0.05, 0.1) is 29.5 Å². The summed E-state index contributed by atoms with van der Waals surface area (Å²) in [6.45, 7) is 5.19. The van der Waals surface area contributed by atoms with E-state index in [9.17, 15) is 9.90 Å². The Morgan fingerprint density at radius 1 is 1.15 bits per heavy atom. The first kappa shape index (κ1) is 21.6. The van der Waals surface area contributed by atoms with Crippen molar-refractivity contribution in [3.63, 3.8) is 0 Å². The summed E-state index contributed by atoms with van der Waals surface area (Å²) < 4.78 is 1.85. The third-order valence-electron chi connectivity index (χ3n) is 7.82. The zero-order chi connectivity index (χ0) is 23.2. The van der Waals surface area contributed by atoms with Crippen molar-refractivity contribution in [1.29, 1.82) is 0 Å². The van der Waals surface area contributed by atoms with E-state index in [2.05, 4.69) is 33.2 Å². The van der Waals surface area contributed by atoms with Crippen LogP contribution >= 0.6 is 0 Å². The molecule has 1 saturated heterocycles. The lowest BCUT2D eigenvalue weighted by Crippen LogP contribution is -2.46. The molecule has 34 heavy (non-hydrogen) atoms. The van der Waals surface area contributed by atoms with Crippen molar-refractivity contribution in [3.05, 3.63) is 53.5 Å². The summed E-state index contributed by atoms with van der Waals surface area (Å²) in [6.07, 6.45) is 9.14. The number of pyridine rings is 1. The van der Waals surface area contributed by atoms with Gasteiger partial charge in [-0.15, -0.1) is 0 Å². The van der Waals surface area contributed by atoms with Gasteiger partial charge in [-0.2, -0.15) is 5.10 Å². The van der Waals surface area contributed by atoms with Crippen molar-refractivity contribution in [2.75, 3.05) is 31.1 Å². The lowest BCUT2D eigenvalue weighted by atomic mass is 9.91. The molecule has 0 radical (unpaired) electrons. The maximum Gasteiger partial charge on any atom is 0.254 e. The topological polar surface area (TPSA) is 77.7 Å². The molecule has 0 spiro atoms. The predicted octanol–water partition coefficient (Wildman–Crippen LogP) is 2.55. The van der Waals surface area contributed by atoms with E-state index in [1.54, 1.807) is 0 Å². The molecule has 0 bridgehead atoms. The molecule has 8 nitrogen and oxygen atoms in total. The Morgan fingerprint density at radius 2 is 1.97 bits per heavy atom. The van der Waals surface area contributed by atoms with E-state index in [1.165, 1.54) is 5.69 Å². The minimum absolute atomic E-state index is 0.0520. The first-order chi connectivity index (χ1) is 16.6. The Hall–Kier alpha value is -2.97. The van der Waals surface area contributed by atoms with E-state index >= 15 is 0 Å². The van der Waals surface area contributed by atoms with Gasteiger partial charge in [0.25, 0.3) is 5.91 Å². The van der Waals surface area contributed by atoms with Crippen LogP contribution < -0.4 is 4.90 Å². The van der Waals surface area contributed by atoms with Gasteiger partial charge in [-0.25, -0.2) is 0 Å². The van der Waals surface area contributed by atoms with Crippen molar-refractivity contribution in [1.82, 2.24) is 24.6 Å². The second-order valence-corrected chi connectivity index (χ2v) is 9.95. The number of aliphatic hydroxyl groups is 1. The van der Waals surface area contributed by atoms with Crippen LogP contribution in [-0.4, -0.2) is 73.9 Å². The fraction of sp³-hybridized carbons (Fsp3) is 0.500. The molecule has 3 aromatic rings. The number of aliphatic hydroxyl groups excluding tert-OH is 1. The highest BCUT2D eigenvalue weighted by Gasteiger charge is 2.38. The molecule has 2 aromatic heterocycles. The summed E-state index contributed by atoms with van der Waals surface area (Å²) in [4.78, 5) is 24.9. The monoisotopic (exact) mass is 460 g/mol. The van der Waals surface area contributed by atoms with Crippen molar-refractivity contribution in [3.8, 4) is 0 Å². The van der Waals surface area contributed by atoms with Crippen LogP contribution in [0.2, 0.25) is 0 Å². The molecule has 4 heterocycles. The van der Waals surface area contributed by atoms with Crippen LogP contribution in [-0.2, 0) is 20.1 Å². The maximum atomic E-state index is 13.5.